The molecule has 2 aromatic carbocycles. The molecule has 1 saturated carbocycles. The number of hydrogen-bond acceptors (Lipinski definition) is 3. The Morgan fingerprint density at radius 1 is 1.03 bits per heavy atom. The Labute approximate surface area is 199 Å². The first-order valence-electron chi connectivity index (χ1n) is 11.4. The highest BCUT2D eigenvalue weighted by molar-refractivity contribution is 6.37. The van der Waals surface area contributed by atoms with Crippen molar-refractivity contribution in [2.24, 2.45) is 0 Å². The number of anilines is 1. The van der Waals surface area contributed by atoms with Gasteiger partial charge in [-0.15, -0.1) is 0 Å². The Hall–Kier alpha value is -2.08. The zero-order valence-corrected chi connectivity index (χ0v) is 19.8. The highest BCUT2D eigenvalue weighted by Crippen LogP contribution is 2.33. The van der Waals surface area contributed by atoms with Crippen molar-refractivity contribution in [1.82, 2.24) is 9.80 Å². The molecule has 170 valence electrons. The van der Waals surface area contributed by atoms with E-state index in [1.807, 2.05) is 6.07 Å². The van der Waals surface area contributed by atoms with Crippen LogP contribution in [0, 0.1) is 0 Å². The molecule has 0 unspecified atom stereocenters. The van der Waals surface area contributed by atoms with Crippen LogP contribution in [-0.4, -0.2) is 53.3 Å². The number of likely N-dealkylation sites (tertiary alicyclic amines) is 1. The van der Waals surface area contributed by atoms with E-state index in [2.05, 4.69) is 22.0 Å². The molecule has 4 rings (SSSR count). The van der Waals surface area contributed by atoms with Crippen LogP contribution < -0.4 is 5.32 Å². The Bertz CT molecular complexity index is 985. The molecule has 1 heterocycles. The second-order valence-corrected chi connectivity index (χ2v) is 9.52. The van der Waals surface area contributed by atoms with Gasteiger partial charge in [0.1, 0.15) is 0 Å². The van der Waals surface area contributed by atoms with Gasteiger partial charge in [0.25, 0.3) is 11.8 Å². The Balaban J connectivity index is 1.46. The van der Waals surface area contributed by atoms with Crippen LogP contribution in [0.2, 0.25) is 10.0 Å². The minimum absolute atomic E-state index is 0.0575. The van der Waals surface area contributed by atoms with Crippen molar-refractivity contribution in [3.63, 3.8) is 0 Å². The van der Waals surface area contributed by atoms with Gasteiger partial charge in [-0.3, -0.25) is 9.59 Å². The Morgan fingerprint density at radius 2 is 1.75 bits per heavy atom. The summed E-state index contributed by atoms with van der Waals surface area (Å²) in [5.74, 6) is -0.277. The number of piperidine rings is 1. The van der Waals surface area contributed by atoms with E-state index >= 15 is 0 Å². The summed E-state index contributed by atoms with van der Waals surface area (Å²) in [7, 11) is 0. The first kappa shape index (κ1) is 23.1. The minimum atomic E-state index is -0.335. The van der Waals surface area contributed by atoms with Crippen molar-refractivity contribution in [2.75, 3.05) is 25.0 Å². The Kier molecular flexibility index (Phi) is 7.39. The van der Waals surface area contributed by atoms with Gasteiger partial charge in [0.15, 0.2) is 0 Å². The standard InChI is InChI=1S/C25H29Cl2N3O2/c1-2-12-29-13-10-21(11-14-29)30(20-7-8-20)25(32)17-4-3-5-19(15-17)28-24(31)22-9-6-18(26)16-23(22)27/h3-6,9,15-16,20-21H,2,7-8,10-14H2,1H3,(H,28,31). The maximum absolute atomic E-state index is 13.5. The van der Waals surface area contributed by atoms with Gasteiger partial charge in [0, 0.05) is 41.4 Å². The fourth-order valence-electron chi connectivity index (χ4n) is 4.47. The second-order valence-electron chi connectivity index (χ2n) is 8.68. The maximum Gasteiger partial charge on any atom is 0.257 e. The minimum Gasteiger partial charge on any atom is -0.333 e. The lowest BCUT2D eigenvalue weighted by molar-refractivity contribution is 0.0549. The van der Waals surface area contributed by atoms with E-state index in [1.54, 1.807) is 30.3 Å². The van der Waals surface area contributed by atoms with Crippen LogP contribution in [0.4, 0.5) is 5.69 Å². The summed E-state index contributed by atoms with van der Waals surface area (Å²) in [6.07, 6.45) is 5.36. The van der Waals surface area contributed by atoms with Gasteiger partial charge in [-0.1, -0.05) is 36.2 Å². The lowest BCUT2D eigenvalue weighted by Crippen LogP contribution is -2.48. The van der Waals surface area contributed by atoms with Crippen molar-refractivity contribution >= 4 is 40.7 Å². The molecule has 2 fully saturated rings. The lowest BCUT2D eigenvalue weighted by Gasteiger charge is -2.39. The zero-order valence-electron chi connectivity index (χ0n) is 18.3. The summed E-state index contributed by atoms with van der Waals surface area (Å²) in [6.45, 7) is 5.43. The molecule has 2 amide bonds. The van der Waals surface area contributed by atoms with Gasteiger partial charge in [-0.25, -0.2) is 0 Å². The largest absolute Gasteiger partial charge is 0.333 e. The molecule has 2 aromatic rings. The van der Waals surface area contributed by atoms with E-state index in [-0.39, 0.29) is 22.9 Å². The smallest absolute Gasteiger partial charge is 0.257 e. The van der Waals surface area contributed by atoms with E-state index in [1.165, 1.54) is 6.07 Å². The van der Waals surface area contributed by atoms with Gasteiger partial charge >= 0.3 is 0 Å². The summed E-state index contributed by atoms with van der Waals surface area (Å²) in [4.78, 5) is 30.8. The predicted molar refractivity (Wildman–Crippen MR) is 130 cm³/mol. The number of amides is 2. The van der Waals surface area contributed by atoms with Crippen LogP contribution >= 0.6 is 23.2 Å². The van der Waals surface area contributed by atoms with Gasteiger partial charge < -0.3 is 15.1 Å². The first-order valence-corrected chi connectivity index (χ1v) is 12.1. The van der Waals surface area contributed by atoms with Crippen molar-refractivity contribution in [1.29, 1.82) is 0 Å². The average molecular weight is 474 g/mol. The molecule has 1 saturated heterocycles. The second kappa shape index (κ2) is 10.2. The number of nitrogens with zero attached hydrogens (tertiary/aromatic N) is 2. The Morgan fingerprint density at radius 3 is 2.41 bits per heavy atom. The molecule has 1 aliphatic heterocycles. The number of carbonyl (C=O) groups excluding carboxylic acids is 2. The van der Waals surface area contributed by atoms with Gasteiger partial charge in [0.05, 0.1) is 10.6 Å². The van der Waals surface area contributed by atoms with Crippen LogP contribution in [0.15, 0.2) is 42.5 Å². The third-order valence-electron chi connectivity index (χ3n) is 6.21. The molecule has 7 heteroatoms. The topological polar surface area (TPSA) is 52.6 Å². The molecule has 5 nitrogen and oxygen atoms in total. The SMILES string of the molecule is CCCN1CCC(N(C(=O)c2cccc(NC(=O)c3ccc(Cl)cc3Cl)c2)C2CC2)CC1. The summed E-state index contributed by atoms with van der Waals surface area (Å²) < 4.78 is 0. The quantitative estimate of drug-likeness (QED) is 0.558. The van der Waals surface area contributed by atoms with Crippen molar-refractivity contribution in [3.05, 3.63) is 63.6 Å². The van der Waals surface area contributed by atoms with Crippen LogP contribution in [0.25, 0.3) is 0 Å². The number of hydrogen-bond donors (Lipinski definition) is 1. The number of benzene rings is 2. The average Bonchev–Trinajstić information content (AvgIpc) is 3.60. The molecule has 32 heavy (non-hydrogen) atoms. The molecule has 1 N–H and O–H groups in total. The van der Waals surface area contributed by atoms with Crippen LogP contribution in [0.5, 0.6) is 0 Å². The molecule has 0 radical (unpaired) electrons. The third kappa shape index (κ3) is 5.45. The molecule has 1 aliphatic carbocycles. The summed E-state index contributed by atoms with van der Waals surface area (Å²) in [6, 6.07) is 12.6. The predicted octanol–water partition coefficient (Wildman–Crippen LogP) is 5.72. The maximum atomic E-state index is 13.5. The van der Waals surface area contributed by atoms with E-state index in [9.17, 15) is 9.59 Å². The monoisotopic (exact) mass is 473 g/mol. The van der Waals surface area contributed by atoms with Gasteiger partial charge in [0.2, 0.25) is 0 Å². The van der Waals surface area contributed by atoms with E-state index in [4.69, 9.17) is 23.2 Å². The van der Waals surface area contributed by atoms with Crippen LogP contribution in [0.3, 0.4) is 0 Å². The van der Waals surface area contributed by atoms with E-state index in [0.29, 0.717) is 27.9 Å². The molecular formula is C25H29Cl2N3O2. The highest BCUT2D eigenvalue weighted by atomic mass is 35.5. The van der Waals surface area contributed by atoms with E-state index < -0.39 is 0 Å². The van der Waals surface area contributed by atoms with Gasteiger partial charge in [-0.05, 0) is 75.0 Å². The van der Waals surface area contributed by atoms with E-state index in [0.717, 1.165) is 51.7 Å². The lowest BCUT2D eigenvalue weighted by atomic mass is 10.0. The van der Waals surface area contributed by atoms with Crippen LogP contribution in [-0.2, 0) is 0 Å². The number of rotatable bonds is 7. The summed E-state index contributed by atoms with van der Waals surface area (Å²) in [5, 5.41) is 3.61. The fourth-order valence-corrected chi connectivity index (χ4v) is 4.97. The molecular weight excluding hydrogens is 445 g/mol. The first-order chi connectivity index (χ1) is 15.5. The van der Waals surface area contributed by atoms with Crippen molar-refractivity contribution in [3.8, 4) is 0 Å². The number of halogens is 2. The molecule has 0 atom stereocenters. The summed E-state index contributed by atoms with van der Waals surface area (Å²) in [5.41, 5.74) is 1.51. The van der Waals surface area contributed by atoms with Crippen LogP contribution in [0.1, 0.15) is 59.7 Å². The number of nitrogens with one attached hydrogen (secondary N) is 1. The van der Waals surface area contributed by atoms with Gasteiger partial charge in [-0.2, -0.15) is 0 Å². The zero-order chi connectivity index (χ0) is 22.7. The number of carbonyl (C=O) groups is 2. The molecule has 0 spiro atoms. The fraction of sp³-hybridized carbons (Fsp3) is 0.440. The molecule has 0 bridgehead atoms. The summed E-state index contributed by atoms with van der Waals surface area (Å²) >= 11 is 12.1. The van der Waals surface area contributed by atoms with Crippen molar-refractivity contribution < 1.29 is 9.59 Å². The van der Waals surface area contributed by atoms with Crippen molar-refractivity contribution in [2.45, 2.75) is 51.1 Å². The highest BCUT2D eigenvalue weighted by Gasteiger charge is 2.38. The normalized spacial score (nSPS) is 17.2. The molecule has 0 aromatic heterocycles. The molecule has 2 aliphatic rings. The third-order valence-corrected chi connectivity index (χ3v) is 6.76.